The fraction of sp³-hybridized carbons (Fsp3) is 0.462. The molecular weight excluding hydrogens is 230 g/mol. The number of fused-ring (bicyclic) bond motifs is 1. The van der Waals surface area contributed by atoms with Crippen molar-refractivity contribution in [2.75, 3.05) is 37.6 Å². The molecule has 5 nitrogen and oxygen atoms in total. The Labute approximate surface area is 105 Å². The Hall–Kier alpha value is -1.75. The van der Waals surface area contributed by atoms with Crippen LogP contribution in [0, 0.1) is 0 Å². The van der Waals surface area contributed by atoms with Crippen molar-refractivity contribution in [2.24, 2.45) is 0 Å². The molecule has 2 aromatic rings. The first-order valence-corrected chi connectivity index (χ1v) is 6.37. The molecule has 0 saturated carbocycles. The van der Waals surface area contributed by atoms with Gasteiger partial charge in [-0.3, -0.25) is 4.98 Å². The highest BCUT2D eigenvalue weighted by Crippen LogP contribution is 2.25. The number of H-pyrrole nitrogens is 1. The fourth-order valence-electron chi connectivity index (χ4n) is 2.51. The number of oxazole rings is 1. The molecule has 1 saturated heterocycles. The minimum Gasteiger partial charge on any atom is -0.406 e. The highest BCUT2D eigenvalue weighted by Gasteiger charge is 2.19. The van der Waals surface area contributed by atoms with E-state index in [1.807, 2.05) is 18.2 Å². The summed E-state index contributed by atoms with van der Waals surface area (Å²) in [5.74, 6) is -0.385. The Morgan fingerprint density at radius 3 is 2.78 bits per heavy atom. The van der Waals surface area contributed by atoms with Crippen LogP contribution in [0.4, 0.5) is 5.69 Å². The van der Waals surface area contributed by atoms with Gasteiger partial charge in [0, 0.05) is 26.2 Å². The van der Waals surface area contributed by atoms with Crippen LogP contribution in [-0.4, -0.2) is 42.6 Å². The average molecular weight is 247 g/mol. The van der Waals surface area contributed by atoms with Crippen molar-refractivity contribution in [3.8, 4) is 0 Å². The first-order chi connectivity index (χ1) is 8.78. The van der Waals surface area contributed by atoms with E-state index in [2.05, 4.69) is 21.7 Å². The maximum Gasteiger partial charge on any atom is 0.417 e. The summed E-state index contributed by atoms with van der Waals surface area (Å²) >= 11 is 0. The van der Waals surface area contributed by atoms with Gasteiger partial charge in [-0.15, -0.1) is 0 Å². The Bertz CT molecular complexity index is 594. The van der Waals surface area contributed by atoms with Gasteiger partial charge in [0.15, 0.2) is 5.58 Å². The standard InChI is InChI=1S/C13H17N3O2/c1-2-15-6-8-16(9-7-15)11-5-3-4-10-12(11)18-13(17)14-10/h3-5H,2,6-9H2,1H3,(H,14,17). The summed E-state index contributed by atoms with van der Waals surface area (Å²) in [6.45, 7) is 7.34. The fourth-order valence-corrected chi connectivity index (χ4v) is 2.51. The quantitative estimate of drug-likeness (QED) is 0.868. The van der Waals surface area contributed by atoms with Crippen LogP contribution in [0.1, 0.15) is 6.92 Å². The van der Waals surface area contributed by atoms with Gasteiger partial charge < -0.3 is 14.2 Å². The zero-order valence-corrected chi connectivity index (χ0v) is 10.5. The Kier molecular flexibility index (Phi) is 2.83. The molecule has 1 aromatic heterocycles. The second-order valence-corrected chi connectivity index (χ2v) is 4.59. The molecule has 0 atom stereocenters. The molecule has 1 aliphatic heterocycles. The van der Waals surface area contributed by atoms with Crippen LogP contribution < -0.4 is 10.7 Å². The second-order valence-electron chi connectivity index (χ2n) is 4.59. The topological polar surface area (TPSA) is 52.5 Å². The smallest absolute Gasteiger partial charge is 0.406 e. The van der Waals surface area contributed by atoms with E-state index in [9.17, 15) is 4.79 Å². The number of anilines is 1. The highest BCUT2D eigenvalue weighted by atomic mass is 16.4. The second kappa shape index (κ2) is 4.49. The van der Waals surface area contributed by atoms with Gasteiger partial charge in [-0.1, -0.05) is 13.0 Å². The number of para-hydroxylation sites is 1. The predicted octanol–water partition coefficient (Wildman–Crippen LogP) is 1.26. The summed E-state index contributed by atoms with van der Waals surface area (Å²) in [4.78, 5) is 18.7. The predicted molar refractivity (Wildman–Crippen MR) is 71.2 cm³/mol. The summed E-state index contributed by atoms with van der Waals surface area (Å²) in [5.41, 5.74) is 2.46. The van der Waals surface area contributed by atoms with Crippen molar-refractivity contribution in [3.63, 3.8) is 0 Å². The van der Waals surface area contributed by atoms with Crippen molar-refractivity contribution >= 4 is 16.8 Å². The number of aromatic amines is 1. The van der Waals surface area contributed by atoms with E-state index in [0.717, 1.165) is 43.9 Å². The molecule has 0 unspecified atom stereocenters. The first kappa shape index (κ1) is 11.3. The van der Waals surface area contributed by atoms with E-state index in [1.54, 1.807) is 0 Å². The van der Waals surface area contributed by atoms with Crippen molar-refractivity contribution in [3.05, 3.63) is 28.7 Å². The van der Waals surface area contributed by atoms with Gasteiger partial charge in [-0.25, -0.2) is 4.79 Å². The third-order valence-electron chi connectivity index (χ3n) is 3.59. The molecule has 96 valence electrons. The minimum absolute atomic E-state index is 0.385. The maximum absolute atomic E-state index is 11.3. The van der Waals surface area contributed by atoms with Crippen LogP contribution in [0.3, 0.4) is 0 Å². The van der Waals surface area contributed by atoms with Crippen molar-refractivity contribution in [1.29, 1.82) is 0 Å². The van der Waals surface area contributed by atoms with Crippen LogP contribution in [0.2, 0.25) is 0 Å². The molecular formula is C13H17N3O2. The lowest BCUT2D eigenvalue weighted by molar-refractivity contribution is 0.271. The van der Waals surface area contributed by atoms with Crippen LogP contribution in [-0.2, 0) is 0 Å². The molecule has 18 heavy (non-hydrogen) atoms. The number of likely N-dealkylation sites (N-methyl/N-ethyl adjacent to an activating group) is 1. The van der Waals surface area contributed by atoms with Crippen LogP contribution in [0.25, 0.3) is 11.1 Å². The number of hydrogen-bond acceptors (Lipinski definition) is 4. The summed E-state index contributed by atoms with van der Waals surface area (Å²) < 4.78 is 5.24. The molecule has 0 spiro atoms. The third kappa shape index (κ3) is 1.90. The zero-order valence-electron chi connectivity index (χ0n) is 10.5. The molecule has 1 aromatic carbocycles. The number of hydrogen-bond donors (Lipinski definition) is 1. The maximum atomic E-state index is 11.3. The molecule has 0 amide bonds. The lowest BCUT2D eigenvalue weighted by atomic mass is 10.2. The van der Waals surface area contributed by atoms with E-state index in [-0.39, 0.29) is 5.76 Å². The Morgan fingerprint density at radius 1 is 1.28 bits per heavy atom. The van der Waals surface area contributed by atoms with Crippen molar-refractivity contribution in [2.45, 2.75) is 6.92 Å². The number of piperazine rings is 1. The SMILES string of the molecule is CCN1CCN(c2cccc3[nH]c(=O)oc23)CC1. The zero-order chi connectivity index (χ0) is 12.5. The van der Waals surface area contributed by atoms with E-state index >= 15 is 0 Å². The van der Waals surface area contributed by atoms with Crippen LogP contribution >= 0.6 is 0 Å². The van der Waals surface area contributed by atoms with E-state index < -0.39 is 0 Å². The number of nitrogens with zero attached hydrogens (tertiary/aromatic N) is 2. The summed E-state index contributed by atoms with van der Waals surface area (Å²) in [5, 5.41) is 0. The lowest BCUT2D eigenvalue weighted by Crippen LogP contribution is -2.46. The van der Waals surface area contributed by atoms with Gasteiger partial charge in [0.2, 0.25) is 0 Å². The van der Waals surface area contributed by atoms with Gasteiger partial charge in [0.05, 0.1) is 11.2 Å². The largest absolute Gasteiger partial charge is 0.417 e. The summed E-state index contributed by atoms with van der Waals surface area (Å²) in [6, 6.07) is 5.84. The van der Waals surface area contributed by atoms with Gasteiger partial charge in [-0.05, 0) is 18.7 Å². The molecule has 2 heterocycles. The van der Waals surface area contributed by atoms with Crippen LogP contribution in [0.15, 0.2) is 27.4 Å². The molecule has 1 aliphatic rings. The average Bonchev–Trinajstić information content (AvgIpc) is 2.79. The van der Waals surface area contributed by atoms with Crippen molar-refractivity contribution in [1.82, 2.24) is 9.88 Å². The normalized spacial score (nSPS) is 17.5. The summed E-state index contributed by atoms with van der Waals surface area (Å²) in [7, 11) is 0. The molecule has 3 rings (SSSR count). The number of aromatic nitrogens is 1. The van der Waals surface area contributed by atoms with Crippen molar-refractivity contribution < 1.29 is 4.42 Å². The van der Waals surface area contributed by atoms with E-state index in [4.69, 9.17) is 4.42 Å². The number of nitrogens with one attached hydrogen (secondary N) is 1. The minimum atomic E-state index is -0.385. The van der Waals surface area contributed by atoms with E-state index in [1.165, 1.54) is 0 Å². The lowest BCUT2D eigenvalue weighted by Gasteiger charge is -2.35. The van der Waals surface area contributed by atoms with E-state index in [0.29, 0.717) is 5.58 Å². The molecule has 5 heteroatoms. The Balaban J connectivity index is 1.93. The number of rotatable bonds is 2. The first-order valence-electron chi connectivity index (χ1n) is 6.37. The molecule has 0 aliphatic carbocycles. The summed E-state index contributed by atoms with van der Waals surface area (Å²) in [6.07, 6.45) is 0. The van der Waals surface area contributed by atoms with Gasteiger partial charge >= 0.3 is 5.76 Å². The number of benzene rings is 1. The Morgan fingerprint density at radius 2 is 2.06 bits per heavy atom. The monoisotopic (exact) mass is 247 g/mol. The van der Waals surface area contributed by atoms with Gasteiger partial charge in [0.1, 0.15) is 0 Å². The van der Waals surface area contributed by atoms with Gasteiger partial charge in [0.25, 0.3) is 0 Å². The molecule has 1 fully saturated rings. The molecule has 0 radical (unpaired) electrons. The van der Waals surface area contributed by atoms with Crippen LogP contribution in [0.5, 0.6) is 0 Å². The molecule has 1 N–H and O–H groups in total. The third-order valence-corrected chi connectivity index (χ3v) is 3.59. The molecule has 0 bridgehead atoms. The highest BCUT2D eigenvalue weighted by molar-refractivity contribution is 5.86. The van der Waals surface area contributed by atoms with Gasteiger partial charge in [-0.2, -0.15) is 0 Å².